The molecule has 2 amide bonds. The van der Waals surface area contributed by atoms with Crippen LogP contribution in [0.4, 0.5) is 15.6 Å². The number of hydrogen-bond acceptors (Lipinski definition) is 4. The van der Waals surface area contributed by atoms with Gasteiger partial charge in [-0.2, -0.15) is 0 Å². The number of aromatic nitrogens is 2. The summed E-state index contributed by atoms with van der Waals surface area (Å²) in [6, 6.07) is 14.6. The molecule has 0 aliphatic rings. The molecule has 134 valence electrons. The minimum absolute atomic E-state index is 0.155. The van der Waals surface area contributed by atoms with Crippen LogP contribution in [0.3, 0.4) is 0 Å². The molecule has 0 saturated carbocycles. The molecule has 0 unspecified atom stereocenters. The molecule has 3 rings (SSSR count). The molecule has 0 spiro atoms. The normalized spacial score (nSPS) is 11.8. The maximum Gasteiger partial charge on any atom is 0.325 e. The maximum absolute atomic E-state index is 12.1. The zero-order chi connectivity index (χ0) is 18.5. The van der Waals surface area contributed by atoms with Gasteiger partial charge in [-0.3, -0.25) is 5.32 Å². The van der Waals surface area contributed by atoms with Crippen molar-refractivity contribution in [2.75, 3.05) is 10.6 Å². The number of halogens is 2. The van der Waals surface area contributed by atoms with Crippen molar-refractivity contribution >= 4 is 51.4 Å². The number of hydrogen-bond donors (Lipinski definition) is 2. The van der Waals surface area contributed by atoms with E-state index < -0.39 is 6.03 Å². The highest BCUT2D eigenvalue weighted by Crippen LogP contribution is 2.31. The van der Waals surface area contributed by atoms with Crippen LogP contribution in [0.2, 0.25) is 10.0 Å². The fraction of sp³-hybridized carbons (Fsp3) is 0.167. The maximum atomic E-state index is 12.1. The standard InChI is InChI=1S/C18H16Cl2N4OS/c1-2-13(11-6-4-3-5-7-11)16-23-24-18(26-16)22-17(25)21-12-8-9-14(19)15(20)10-12/h3-10,13H,2H2,1H3,(H2,21,22,24,25)/t13-/m1/s1. The van der Waals surface area contributed by atoms with Gasteiger partial charge in [0.1, 0.15) is 5.01 Å². The molecule has 2 aromatic carbocycles. The first-order valence-corrected chi connectivity index (χ1v) is 9.55. The molecule has 1 aromatic heterocycles. The predicted octanol–water partition coefficient (Wildman–Crippen LogP) is 6.03. The van der Waals surface area contributed by atoms with Crippen molar-refractivity contribution < 1.29 is 4.79 Å². The highest BCUT2D eigenvalue weighted by molar-refractivity contribution is 7.15. The van der Waals surface area contributed by atoms with Crippen molar-refractivity contribution in [2.45, 2.75) is 19.3 Å². The minimum Gasteiger partial charge on any atom is -0.308 e. The van der Waals surface area contributed by atoms with Crippen molar-refractivity contribution in [2.24, 2.45) is 0 Å². The molecule has 26 heavy (non-hydrogen) atoms. The van der Waals surface area contributed by atoms with E-state index in [1.165, 1.54) is 16.9 Å². The smallest absolute Gasteiger partial charge is 0.308 e. The second-order valence-corrected chi connectivity index (χ2v) is 7.35. The number of urea groups is 1. The monoisotopic (exact) mass is 406 g/mol. The summed E-state index contributed by atoms with van der Waals surface area (Å²) in [5.74, 6) is 0.155. The summed E-state index contributed by atoms with van der Waals surface area (Å²) in [7, 11) is 0. The van der Waals surface area contributed by atoms with Gasteiger partial charge in [-0.25, -0.2) is 4.79 Å². The average molecular weight is 407 g/mol. The summed E-state index contributed by atoms with van der Waals surface area (Å²) in [4.78, 5) is 12.1. The van der Waals surface area contributed by atoms with Gasteiger partial charge in [0.2, 0.25) is 5.13 Å². The van der Waals surface area contributed by atoms with Crippen LogP contribution in [-0.2, 0) is 0 Å². The van der Waals surface area contributed by atoms with Gasteiger partial charge in [-0.15, -0.1) is 10.2 Å². The SMILES string of the molecule is CC[C@H](c1ccccc1)c1nnc(NC(=O)Nc2ccc(Cl)c(Cl)c2)s1. The van der Waals surface area contributed by atoms with Crippen molar-refractivity contribution in [1.82, 2.24) is 10.2 Å². The first kappa shape index (κ1) is 18.6. The Kier molecular flexibility index (Phi) is 6.08. The number of anilines is 2. The van der Waals surface area contributed by atoms with Crippen molar-refractivity contribution in [1.29, 1.82) is 0 Å². The lowest BCUT2D eigenvalue weighted by Gasteiger charge is -2.11. The third-order valence-corrected chi connectivity index (χ3v) is 5.44. The van der Waals surface area contributed by atoms with Crippen LogP contribution in [0.5, 0.6) is 0 Å². The molecular formula is C18H16Cl2N4OS. The first-order chi connectivity index (χ1) is 12.6. The van der Waals surface area contributed by atoms with Crippen molar-refractivity contribution in [3.8, 4) is 0 Å². The minimum atomic E-state index is -0.418. The van der Waals surface area contributed by atoms with Crippen LogP contribution < -0.4 is 10.6 Å². The zero-order valence-corrected chi connectivity index (χ0v) is 16.2. The van der Waals surface area contributed by atoms with Gasteiger partial charge in [0.05, 0.1) is 10.0 Å². The number of carbonyl (C=O) groups is 1. The predicted molar refractivity (Wildman–Crippen MR) is 108 cm³/mol. The molecular weight excluding hydrogens is 391 g/mol. The molecule has 0 saturated heterocycles. The number of rotatable bonds is 5. The van der Waals surface area contributed by atoms with Crippen LogP contribution in [0, 0.1) is 0 Å². The number of nitrogens with one attached hydrogen (secondary N) is 2. The van der Waals surface area contributed by atoms with E-state index in [1.807, 2.05) is 18.2 Å². The highest BCUT2D eigenvalue weighted by Gasteiger charge is 2.18. The van der Waals surface area contributed by atoms with Crippen molar-refractivity contribution in [3.63, 3.8) is 0 Å². The Morgan fingerprint density at radius 3 is 2.54 bits per heavy atom. The van der Waals surface area contributed by atoms with E-state index in [9.17, 15) is 4.79 Å². The van der Waals surface area contributed by atoms with Gasteiger partial charge in [0, 0.05) is 11.6 Å². The summed E-state index contributed by atoms with van der Waals surface area (Å²) >= 11 is 13.2. The molecule has 0 aliphatic carbocycles. The number of amides is 2. The Hall–Kier alpha value is -2.15. The Morgan fingerprint density at radius 2 is 1.85 bits per heavy atom. The lowest BCUT2D eigenvalue weighted by molar-refractivity contribution is 0.262. The van der Waals surface area contributed by atoms with E-state index in [1.54, 1.807) is 18.2 Å². The zero-order valence-electron chi connectivity index (χ0n) is 13.9. The quantitative estimate of drug-likeness (QED) is 0.543. The third kappa shape index (κ3) is 4.52. The van der Waals surface area contributed by atoms with Crippen LogP contribution in [0.25, 0.3) is 0 Å². The second kappa shape index (κ2) is 8.49. The van der Waals surface area contributed by atoms with Gasteiger partial charge in [-0.1, -0.05) is 71.8 Å². The van der Waals surface area contributed by atoms with E-state index >= 15 is 0 Å². The molecule has 0 bridgehead atoms. The molecule has 1 atom stereocenters. The number of nitrogens with zero attached hydrogens (tertiary/aromatic N) is 2. The van der Waals surface area contributed by atoms with Crippen LogP contribution in [0.15, 0.2) is 48.5 Å². The summed E-state index contributed by atoms with van der Waals surface area (Å²) in [5, 5.41) is 15.8. The van der Waals surface area contributed by atoms with Gasteiger partial charge >= 0.3 is 6.03 Å². The van der Waals surface area contributed by atoms with E-state index in [0.717, 1.165) is 11.4 Å². The average Bonchev–Trinajstić information content (AvgIpc) is 3.08. The fourth-order valence-corrected chi connectivity index (χ4v) is 3.75. The molecule has 8 heteroatoms. The topological polar surface area (TPSA) is 66.9 Å². The summed E-state index contributed by atoms with van der Waals surface area (Å²) in [5.41, 5.74) is 1.72. The van der Waals surface area contributed by atoms with Gasteiger partial charge in [0.15, 0.2) is 0 Å². The van der Waals surface area contributed by atoms with Crippen LogP contribution >= 0.6 is 34.5 Å². The highest BCUT2D eigenvalue weighted by atomic mass is 35.5. The van der Waals surface area contributed by atoms with E-state index in [-0.39, 0.29) is 5.92 Å². The van der Waals surface area contributed by atoms with E-state index in [2.05, 4.69) is 39.9 Å². The number of carbonyl (C=O) groups excluding carboxylic acids is 1. The Morgan fingerprint density at radius 1 is 1.08 bits per heavy atom. The largest absolute Gasteiger partial charge is 0.325 e. The molecule has 2 N–H and O–H groups in total. The third-order valence-electron chi connectivity index (χ3n) is 3.75. The summed E-state index contributed by atoms with van der Waals surface area (Å²) in [6.07, 6.45) is 0.897. The molecule has 5 nitrogen and oxygen atoms in total. The summed E-state index contributed by atoms with van der Waals surface area (Å²) < 4.78 is 0. The van der Waals surface area contributed by atoms with Gasteiger partial charge < -0.3 is 5.32 Å². The lowest BCUT2D eigenvalue weighted by atomic mass is 9.97. The second-order valence-electron chi connectivity index (χ2n) is 5.52. The van der Waals surface area contributed by atoms with Gasteiger partial charge in [0.25, 0.3) is 0 Å². The molecule has 0 radical (unpaired) electrons. The number of benzene rings is 2. The van der Waals surface area contributed by atoms with Crippen LogP contribution in [0.1, 0.15) is 29.8 Å². The lowest BCUT2D eigenvalue weighted by Crippen LogP contribution is -2.19. The van der Waals surface area contributed by atoms with Crippen molar-refractivity contribution in [3.05, 3.63) is 69.1 Å². The Bertz CT molecular complexity index is 901. The molecule has 1 heterocycles. The molecule has 3 aromatic rings. The Labute approximate surface area is 165 Å². The van der Waals surface area contributed by atoms with E-state index in [0.29, 0.717) is 20.9 Å². The molecule has 0 fully saturated rings. The van der Waals surface area contributed by atoms with Gasteiger partial charge in [-0.05, 0) is 30.2 Å². The van der Waals surface area contributed by atoms with E-state index in [4.69, 9.17) is 23.2 Å². The Balaban J connectivity index is 1.67. The van der Waals surface area contributed by atoms with Crippen LogP contribution in [-0.4, -0.2) is 16.2 Å². The molecule has 0 aliphatic heterocycles. The fourth-order valence-electron chi connectivity index (χ4n) is 2.50. The summed E-state index contributed by atoms with van der Waals surface area (Å²) in [6.45, 7) is 2.10. The first-order valence-electron chi connectivity index (χ1n) is 7.98.